The molecule has 10 heteroatoms. The van der Waals surface area contributed by atoms with Gasteiger partial charge in [-0.25, -0.2) is 4.98 Å². The average Bonchev–Trinajstić information content (AvgIpc) is 2.67. The lowest BCUT2D eigenvalue weighted by molar-refractivity contribution is -0.119. The Hall–Kier alpha value is -2.04. The van der Waals surface area contributed by atoms with Crippen LogP contribution in [0.25, 0.3) is 10.9 Å². The minimum atomic E-state index is -0.572. The maximum atomic E-state index is 13.0. The molecule has 0 aliphatic rings. The summed E-state index contributed by atoms with van der Waals surface area (Å²) in [6.45, 7) is 1.78. The first kappa shape index (κ1) is 22.6. The number of hydrogen-bond donors (Lipinski definition) is 1. The van der Waals surface area contributed by atoms with Crippen LogP contribution >= 0.6 is 47.8 Å². The molecule has 0 unspecified atom stereocenters. The molecular weight excluding hydrogens is 584 g/mol. The standard InChI is InChI=1S/C20H17Br3N4O3/c1-2-3-18-26-16-5-4-12(21)8-13(16)20(29)27(18)25-9-11-6-14(22)19(15(23)7-11)30-10-17(24)28/h4-9H,2-3,10H2,1H3,(H2,24,28). The summed E-state index contributed by atoms with van der Waals surface area (Å²) in [5, 5.41) is 4.89. The number of nitrogens with zero attached hydrogens (tertiary/aromatic N) is 3. The predicted octanol–water partition coefficient (Wildman–Crippen LogP) is 4.38. The molecule has 0 spiro atoms. The van der Waals surface area contributed by atoms with E-state index in [0.29, 0.717) is 43.4 Å². The third kappa shape index (κ3) is 5.16. The highest BCUT2D eigenvalue weighted by Gasteiger charge is 2.12. The summed E-state index contributed by atoms with van der Waals surface area (Å²) < 4.78 is 8.75. The molecule has 0 fully saturated rings. The van der Waals surface area contributed by atoms with Crippen molar-refractivity contribution in [1.29, 1.82) is 0 Å². The van der Waals surface area contributed by atoms with Gasteiger partial charge in [0.05, 0.1) is 26.1 Å². The summed E-state index contributed by atoms with van der Waals surface area (Å²) in [6, 6.07) is 8.94. The summed E-state index contributed by atoms with van der Waals surface area (Å²) in [6.07, 6.45) is 3.01. The van der Waals surface area contributed by atoms with E-state index in [4.69, 9.17) is 10.5 Å². The van der Waals surface area contributed by atoms with Crippen LogP contribution < -0.4 is 16.0 Å². The Labute approximate surface area is 197 Å². The van der Waals surface area contributed by atoms with Crippen LogP contribution in [-0.2, 0) is 11.2 Å². The van der Waals surface area contributed by atoms with Gasteiger partial charge in [0.2, 0.25) is 0 Å². The molecule has 3 rings (SSSR count). The third-order valence-electron chi connectivity index (χ3n) is 4.05. The molecule has 1 amide bonds. The number of ether oxygens (including phenoxy) is 1. The number of rotatable bonds is 7. The number of primary amides is 1. The normalized spacial score (nSPS) is 11.3. The molecule has 3 aromatic rings. The van der Waals surface area contributed by atoms with Gasteiger partial charge in [0.15, 0.2) is 6.61 Å². The van der Waals surface area contributed by atoms with Crippen LogP contribution in [0.1, 0.15) is 24.7 Å². The number of aromatic nitrogens is 2. The van der Waals surface area contributed by atoms with Crippen LogP contribution in [0.5, 0.6) is 5.75 Å². The Morgan fingerprint density at radius 3 is 2.57 bits per heavy atom. The number of halogens is 3. The summed E-state index contributed by atoms with van der Waals surface area (Å²) in [4.78, 5) is 28.6. The molecule has 1 heterocycles. The first-order valence-electron chi connectivity index (χ1n) is 8.95. The molecular formula is C20H17Br3N4O3. The van der Waals surface area contributed by atoms with Crippen molar-refractivity contribution in [2.75, 3.05) is 6.61 Å². The van der Waals surface area contributed by atoms with Gasteiger partial charge in [0.1, 0.15) is 11.6 Å². The van der Waals surface area contributed by atoms with Crippen LogP contribution in [0, 0.1) is 0 Å². The van der Waals surface area contributed by atoms with E-state index in [0.717, 1.165) is 10.9 Å². The second-order valence-corrected chi connectivity index (χ2v) is 8.99. The second kappa shape index (κ2) is 9.84. The fraction of sp³-hybridized carbons (Fsp3) is 0.200. The number of carbonyl (C=O) groups is 1. The van der Waals surface area contributed by atoms with Crippen molar-refractivity contribution in [3.63, 3.8) is 0 Å². The lowest BCUT2D eigenvalue weighted by atomic mass is 10.2. The van der Waals surface area contributed by atoms with Crippen molar-refractivity contribution in [2.24, 2.45) is 10.8 Å². The van der Waals surface area contributed by atoms with Gasteiger partial charge in [-0.15, -0.1) is 0 Å². The van der Waals surface area contributed by atoms with Crippen molar-refractivity contribution in [3.8, 4) is 5.75 Å². The summed E-state index contributed by atoms with van der Waals surface area (Å²) in [5.41, 5.74) is 6.24. The van der Waals surface area contributed by atoms with Gasteiger partial charge in [-0.3, -0.25) is 9.59 Å². The molecule has 156 valence electrons. The van der Waals surface area contributed by atoms with Crippen molar-refractivity contribution in [3.05, 3.63) is 65.5 Å². The maximum Gasteiger partial charge on any atom is 0.282 e. The second-order valence-electron chi connectivity index (χ2n) is 6.37. The highest BCUT2D eigenvalue weighted by Crippen LogP contribution is 2.34. The molecule has 2 aromatic carbocycles. The number of nitrogens with two attached hydrogens (primary N) is 1. The first-order chi connectivity index (χ1) is 14.3. The van der Waals surface area contributed by atoms with Gasteiger partial charge in [-0.2, -0.15) is 9.78 Å². The zero-order chi connectivity index (χ0) is 21.8. The van der Waals surface area contributed by atoms with E-state index >= 15 is 0 Å². The zero-order valence-electron chi connectivity index (χ0n) is 15.9. The fourth-order valence-electron chi connectivity index (χ4n) is 2.76. The first-order valence-corrected chi connectivity index (χ1v) is 11.3. The number of benzene rings is 2. The smallest absolute Gasteiger partial charge is 0.282 e. The van der Waals surface area contributed by atoms with E-state index in [9.17, 15) is 9.59 Å². The van der Waals surface area contributed by atoms with Crippen LogP contribution in [0.2, 0.25) is 0 Å². The minimum absolute atomic E-state index is 0.236. The Balaban J connectivity index is 2.03. The van der Waals surface area contributed by atoms with E-state index < -0.39 is 5.91 Å². The predicted molar refractivity (Wildman–Crippen MR) is 127 cm³/mol. The maximum absolute atomic E-state index is 13.0. The monoisotopic (exact) mass is 598 g/mol. The summed E-state index contributed by atoms with van der Waals surface area (Å²) >= 11 is 10.2. The van der Waals surface area contributed by atoms with E-state index in [1.54, 1.807) is 24.4 Å². The molecule has 0 radical (unpaired) electrons. The highest BCUT2D eigenvalue weighted by atomic mass is 79.9. The van der Waals surface area contributed by atoms with Gasteiger partial charge in [-0.1, -0.05) is 22.9 Å². The number of aryl methyl sites for hydroxylation is 1. The van der Waals surface area contributed by atoms with Crippen molar-refractivity contribution in [2.45, 2.75) is 19.8 Å². The largest absolute Gasteiger partial charge is 0.481 e. The lowest BCUT2D eigenvalue weighted by Crippen LogP contribution is -2.22. The molecule has 0 saturated heterocycles. The molecule has 2 N–H and O–H groups in total. The van der Waals surface area contributed by atoms with Crippen molar-refractivity contribution in [1.82, 2.24) is 9.66 Å². The molecule has 0 bridgehead atoms. The van der Waals surface area contributed by atoms with Gasteiger partial charge in [0, 0.05) is 10.9 Å². The number of carbonyl (C=O) groups excluding carboxylic acids is 1. The van der Waals surface area contributed by atoms with Crippen LogP contribution in [-0.4, -0.2) is 28.4 Å². The number of amides is 1. The summed E-state index contributed by atoms with van der Waals surface area (Å²) in [7, 11) is 0. The Bertz CT molecular complexity index is 1180. The lowest BCUT2D eigenvalue weighted by Gasteiger charge is -2.10. The summed E-state index contributed by atoms with van der Waals surface area (Å²) in [5.74, 6) is 0.470. The van der Waals surface area contributed by atoms with Gasteiger partial charge < -0.3 is 10.5 Å². The fourth-order valence-corrected chi connectivity index (χ4v) is 4.57. The molecule has 0 saturated carbocycles. The Morgan fingerprint density at radius 2 is 1.93 bits per heavy atom. The Morgan fingerprint density at radius 1 is 1.23 bits per heavy atom. The van der Waals surface area contributed by atoms with Gasteiger partial charge >= 0.3 is 0 Å². The quantitative estimate of drug-likeness (QED) is 0.407. The molecule has 0 atom stereocenters. The molecule has 30 heavy (non-hydrogen) atoms. The van der Waals surface area contributed by atoms with E-state index in [2.05, 4.69) is 57.9 Å². The van der Waals surface area contributed by atoms with Crippen LogP contribution in [0.3, 0.4) is 0 Å². The molecule has 1 aromatic heterocycles. The minimum Gasteiger partial charge on any atom is -0.481 e. The Kier molecular flexibility index (Phi) is 7.43. The van der Waals surface area contributed by atoms with E-state index in [-0.39, 0.29) is 12.2 Å². The zero-order valence-corrected chi connectivity index (χ0v) is 20.6. The van der Waals surface area contributed by atoms with Crippen LogP contribution in [0.4, 0.5) is 0 Å². The highest BCUT2D eigenvalue weighted by molar-refractivity contribution is 9.11. The third-order valence-corrected chi connectivity index (χ3v) is 5.72. The average molecular weight is 601 g/mol. The number of fused-ring (bicyclic) bond motifs is 1. The van der Waals surface area contributed by atoms with Gasteiger partial charge in [0.25, 0.3) is 11.5 Å². The number of hydrogen-bond acceptors (Lipinski definition) is 5. The SMILES string of the molecule is CCCc1nc2ccc(Br)cc2c(=O)n1N=Cc1cc(Br)c(OCC(N)=O)c(Br)c1. The van der Waals surface area contributed by atoms with Crippen LogP contribution in [0.15, 0.2) is 53.6 Å². The topological polar surface area (TPSA) is 99.6 Å². The van der Waals surface area contributed by atoms with Crippen molar-refractivity contribution < 1.29 is 9.53 Å². The van der Waals surface area contributed by atoms with Gasteiger partial charge in [-0.05, 0) is 74.2 Å². The molecule has 0 aliphatic heterocycles. The van der Waals surface area contributed by atoms with E-state index in [1.165, 1.54) is 4.68 Å². The van der Waals surface area contributed by atoms with E-state index in [1.807, 2.05) is 19.1 Å². The molecule has 7 nitrogen and oxygen atoms in total. The molecule has 0 aliphatic carbocycles. The van der Waals surface area contributed by atoms with Crippen molar-refractivity contribution >= 4 is 70.8 Å².